The van der Waals surface area contributed by atoms with E-state index in [1.165, 1.54) is 10.5 Å². The van der Waals surface area contributed by atoms with Gasteiger partial charge < -0.3 is 5.32 Å². The van der Waals surface area contributed by atoms with Gasteiger partial charge in [-0.3, -0.25) is 24.0 Å². The minimum Gasteiger partial charge on any atom is -0.348 e. The minimum absolute atomic E-state index is 0.219. The van der Waals surface area contributed by atoms with E-state index in [2.05, 4.69) is 20.3 Å². The van der Waals surface area contributed by atoms with Gasteiger partial charge in [0.25, 0.3) is 11.5 Å². The number of hydrogen-bond donors (Lipinski definition) is 1. The van der Waals surface area contributed by atoms with Crippen molar-refractivity contribution < 1.29 is 4.79 Å². The predicted octanol–water partition coefficient (Wildman–Crippen LogP) is 2.39. The van der Waals surface area contributed by atoms with E-state index in [9.17, 15) is 9.59 Å². The molecule has 0 unspecified atom stereocenters. The second kappa shape index (κ2) is 7.40. The number of amides is 1. The van der Waals surface area contributed by atoms with Gasteiger partial charge in [-0.15, -0.1) is 0 Å². The van der Waals surface area contributed by atoms with E-state index in [4.69, 9.17) is 0 Å². The molecule has 0 saturated carbocycles. The van der Waals surface area contributed by atoms with Crippen LogP contribution in [0.3, 0.4) is 0 Å². The monoisotopic (exact) mass is 371 g/mol. The second-order valence-corrected chi connectivity index (χ2v) is 6.29. The van der Waals surface area contributed by atoms with Crippen molar-refractivity contribution in [3.05, 3.63) is 94.4 Å². The van der Waals surface area contributed by atoms with E-state index < -0.39 is 0 Å². The molecule has 28 heavy (non-hydrogen) atoms. The Balaban J connectivity index is 1.63. The maximum atomic E-state index is 12.8. The summed E-state index contributed by atoms with van der Waals surface area (Å²) in [4.78, 5) is 37.8. The number of carbonyl (C=O) groups excluding carboxylic acids is 1. The lowest BCUT2D eigenvalue weighted by Gasteiger charge is -2.11. The Bertz CT molecular complexity index is 1220. The van der Waals surface area contributed by atoms with Crippen molar-refractivity contribution >= 4 is 11.6 Å². The molecule has 0 aliphatic carbocycles. The van der Waals surface area contributed by atoms with E-state index in [0.717, 1.165) is 16.8 Å². The highest BCUT2D eigenvalue weighted by Gasteiger charge is 2.14. The first-order chi connectivity index (χ1) is 13.6. The summed E-state index contributed by atoms with van der Waals surface area (Å²) in [5.74, 6) is -0.309. The number of carbonyl (C=O) groups is 1. The number of pyridine rings is 3. The average Bonchev–Trinajstić information content (AvgIpc) is 2.72. The maximum Gasteiger partial charge on any atom is 0.258 e. The fourth-order valence-corrected chi connectivity index (χ4v) is 3.03. The number of rotatable bonds is 4. The zero-order valence-electron chi connectivity index (χ0n) is 15.2. The highest BCUT2D eigenvalue weighted by molar-refractivity contribution is 5.99. The van der Waals surface area contributed by atoms with Gasteiger partial charge in [0.2, 0.25) is 0 Å². The summed E-state index contributed by atoms with van der Waals surface area (Å²) in [6, 6.07) is 12.2. The van der Waals surface area contributed by atoms with E-state index in [1.807, 2.05) is 24.3 Å². The van der Waals surface area contributed by atoms with Crippen molar-refractivity contribution in [1.29, 1.82) is 0 Å². The van der Waals surface area contributed by atoms with E-state index in [0.29, 0.717) is 16.9 Å². The molecule has 7 heteroatoms. The van der Waals surface area contributed by atoms with Crippen LogP contribution in [0.2, 0.25) is 0 Å². The van der Waals surface area contributed by atoms with Crippen LogP contribution in [0.5, 0.6) is 0 Å². The Labute approximate surface area is 160 Å². The van der Waals surface area contributed by atoms with Crippen LogP contribution in [-0.2, 0) is 6.54 Å². The van der Waals surface area contributed by atoms with Crippen LogP contribution in [0.4, 0.5) is 0 Å². The lowest BCUT2D eigenvalue weighted by atomic mass is 10.1. The van der Waals surface area contributed by atoms with Gasteiger partial charge in [0, 0.05) is 48.7 Å². The summed E-state index contributed by atoms with van der Waals surface area (Å²) < 4.78 is 1.37. The molecule has 0 aliphatic rings. The van der Waals surface area contributed by atoms with Crippen molar-refractivity contribution in [2.24, 2.45) is 0 Å². The molecular formula is C21H17N5O2. The lowest BCUT2D eigenvalue weighted by Crippen LogP contribution is -2.26. The third-order valence-electron chi connectivity index (χ3n) is 4.33. The number of aromatic nitrogens is 4. The van der Waals surface area contributed by atoms with Crippen LogP contribution in [-0.4, -0.2) is 25.3 Å². The molecule has 0 aliphatic heterocycles. The lowest BCUT2D eigenvalue weighted by molar-refractivity contribution is 0.0952. The molecule has 7 nitrogen and oxygen atoms in total. The molecule has 0 aromatic carbocycles. The van der Waals surface area contributed by atoms with Crippen LogP contribution in [0.25, 0.3) is 16.9 Å². The highest BCUT2D eigenvalue weighted by Crippen LogP contribution is 2.20. The largest absolute Gasteiger partial charge is 0.348 e. The molecule has 0 atom stereocenters. The van der Waals surface area contributed by atoms with Gasteiger partial charge in [0.1, 0.15) is 0 Å². The van der Waals surface area contributed by atoms with Gasteiger partial charge >= 0.3 is 0 Å². The molecule has 0 bridgehead atoms. The first-order valence-electron chi connectivity index (χ1n) is 8.75. The standard InChI is InChI=1S/C21H17N5O2/c1-14-11-18(27)26-10-4-7-17(20(26)25-14)21(28)24-13-16-6-3-9-23-19(16)15-5-2-8-22-12-15/h2-12H,13H2,1H3,(H,24,28). The number of aryl methyl sites for hydroxylation is 1. The Morgan fingerprint density at radius 1 is 1.14 bits per heavy atom. The van der Waals surface area contributed by atoms with Crippen molar-refractivity contribution in [2.45, 2.75) is 13.5 Å². The Morgan fingerprint density at radius 3 is 2.82 bits per heavy atom. The highest BCUT2D eigenvalue weighted by atomic mass is 16.1. The quantitative estimate of drug-likeness (QED) is 0.595. The van der Waals surface area contributed by atoms with E-state index in [-0.39, 0.29) is 18.0 Å². The minimum atomic E-state index is -0.309. The molecule has 4 aromatic rings. The van der Waals surface area contributed by atoms with E-state index >= 15 is 0 Å². The van der Waals surface area contributed by atoms with Crippen molar-refractivity contribution in [3.8, 4) is 11.3 Å². The summed E-state index contributed by atoms with van der Waals surface area (Å²) in [7, 11) is 0. The summed E-state index contributed by atoms with van der Waals surface area (Å²) in [5, 5.41) is 2.90. The molecule has 4 aromatic heterocycles. The Hall–Kier alpha value is -3.87. The zero-order chi connectivity index (χ0) is 19.5. The Morgan fingerprint density at radius 2 is 2.00 bits per heavy atom. The molecule has 4 rings (SSSR count). The zero-order valence-corrected chi connectivity index (χ0v) is 15.2. The summed E-state index contributed by atoms with van der Waals surface area (Å²) in [5.41, 5.74) is 3.53. The number of hydrogen-bond acceptors (Lipinski definition) is 5. The Kier molecular flexibility index (Phi) is 4.63. The van der Waals surface area contributed by atoms with Crippen LogP contribution in [0, 0.1) is 6.92 Å². The van der Waals surface area contributed by atoms with Crippen LogP contribution < -0.4 is 10.9 Å². The molecule has 0 radical (unpaired) electrons. The van der Waals surface area contributed by atoms with Crippen molar-refractivity contribution in [2.75, 3.05) is 0 Å². The van der Waals surface area contributed by atoms with Gasteiger partial charge in [-0.1, -0.05) is 6.07 Å². The molecule has 1 N–H and O–H groups in total. The second-order valence-electron chi connectivity index (χ2n) is 6.29. The van der Waals surface area contributed by atoms with Gasteiger partial charge in [-0.25, -0.2) is 4.98 Å². The first kappa shape index (κ1) is 17.5. The SMILES string of the molecule is Cc1cc(=O)n2cccc(C(=O)NCc3cccnc3-c3cccnc3)c2n1. The normalized spacial score (nSPS) is 10.8. The topological polar surface area (TPSA) is 89.2 Å². The molecule has 1 amide bonds. The van der Waals surface area contributed by atoms with Crippen LogP contribution >= 0.6 is 0 Å². The smallest absolute Gasteiger partial charge is 0.258 e. The third-order valence-corrected chi connectivity index (χ3v) is 4.33. The predicted molar refractivity (Wildman–Crippen MR) is 105 cm³/mol. The van der Waals surface area contributed by atoms with Crippen LogP contribution in [0.1, 0.15) is 21.6 Å². The van der Waals surface area contributed by atoms with Gasteiger partial charge in [-0.05, 0) is 42.8 Å². The van der Waals surface area contributed by atoms with Crippen LogP contribution in [0.15, 0.2) is 72.0 Å². The fraction of sp³-hybridized carbons (Fsp3) is 0.0952. The molecule has 0 saturated heterocycles. The summed E-state index contributed by atoms with van der Waals surface area (Å²) >= 11 is 0. The molecule has 4 heterocycles. The first-order valence-corrected chi connectivity index (χ1v) is 8.75. The number of fused-ring (bicyclic) bond motifs is 1. The fourth-order valence-electron chi connectivity index (χ4n) is 3.03. The maximum absolute atomic E-state index is 12.8. The van der Waals surface area contributed by atoms with Crippen molar-refractivity contribution in [3.63, 3.8) is 0 Å². The van der Waals surface area contributed by atoms with Gasteiger partial charge in [0.05, 0.1) is 11.3 Å². The van der Waals surface area contributed by atoms with Gasteiger partial charge in [-0.2, -0.15) is 0 Å². The summed E-state index contributed by atoms with van der Waals surface area (Å²) in [6.45, 7) is 2.01. The average molecular weight is 371 g/mol. The number of nitrogens with one attached hydrogen (secondary N) is 1. The summed E-state index contributed by atoms with van der Waals surface area (Å²) in [6.07, 6.45) is 6.74. The number of nitrogens with zero attached hydrogens (tertiary/aromatic N) is 4. The van der Waals surface area contributed by atoms with E-state index in [1.54, 1.807) is 43.8 Å². The van der Waals surface area contributed by atoms with Crippen molar-refractivity contribution in [1.82, 2.24) is 24.7 Å². The molecule has 138 valence electrons. The molecular weight excluding hydrogens is 354 g/mol. The third kappa shape index (κ3) is 3.37. The van der Waals surface area contributed by atoms with Gasteiger partial charge in [0.15, 0.2) is 5.65 Å². The molecule has 0 spiro atoms. The molecule has 0 fully saturated rings.